The number of carbonyl (C=O) groups is 4. The van der Waals surface area contributed by atoms with Crippen LogP contribution in [-0.2, 0) is 22.4 Å². The number of rotatable bonds is 11. The molecule has 53 heavy (non-hydrogen) atoms. The smallest absolute Gasteiger partial charge is 0.240 e. The van der Waals surface area contributed by atoms with E-state index in [1.54, 1.807) is 30.1 Å². The highest BCUT2D eigenvalue weighted by Crippen LogP contribution is 2.32. The molecular formula is C35H47FN10O5S2. The lowest BCUT2D eigenvalue weighted by Crippen LogP contribution is -2.36. The van der Waals surface area contributed by atoms with Crippen molar-refractivity contribution >= 4 is 72.8 Å². The molecule has 0 atom stereocenters. The van der Waals surface area contributed by atoms with Gasteiger partial charge in [-0.1, -0.05) is 23.5 Å². The molecule has 2 aliphatic rings. The van der Waals surface area contributed by atoms with Gasteiger partial charge in [0.25, 0.3) is 0 Å². The van der Waals surface area contributed by atoms with Crippen LogP contribution in [0.15, 0.2) is 60.9 Å². The van der Waals surface area contributed by atoms with Gasteiger partial charge in [-0.25, -0.2) is 13.3 Å². The Hall–Kier alpha value is -4.75. The van der Waals surface area contributed by atoms with Crippen LogP contribution >= 0.6 is 25.6 Å². The molecule has 0 saturated heterocycles. The van der Waals surface area contributed by atoms with E-state index >= 15 is 0 Å². The minimum Gasteiger partial charge on any atom is -0.395 e. The van der Waals surface area contributed by atoms with Gasteiger partial charge in [-0.2, -0.15) is 10.2 Å². The second kappa shape index (κ2) is 21.7. The Morgan fingerprint density at radius 1 is 0.906 bits per heavy atom. The number of nitrogens with zero attached hydrogens (tertiary/aromatic N) is 8. The van der Waals surface area contributed by atoms with Gasteiger partial charge in [-0.15, -0.1) is 0 Å². The summed E-state index contributed by atoms with van der Waals surface area (Å²) in [6.45, 7) is 5.26. The lowest BCUT2D eigenvalue weighted by Gasteiger charge is -2.21. The van der Waals surface area contributed by atoms with Crippen LogP contribution < -0.4 is 25.6 Å². The maximum absolute atomic E-state index is 13.5. The van der Waals surface area contributed by atoms with Crippen LogP contribution in [0.3, 0.4) is 0 Å². The third kappa shape index (κ3) is 12.7. The first-order valence-corrected chi connectivity index (χ1v) is 17.6. The standard InChI is InChI=1S/C14H21N3O.C13H18FN3O2.2C4H4N2OS/c1-4-16(2)10-14(18)17(3)12-6-5-11-7-8-15-13(11)9-12;1-16(13(19)9-15-5-7-18)11-3-2-10-4-6-17(14)12(10)8-11;2*7-3-4-1-2-5-6(4)8/h5-6,9,15H,4,7-8,10H2,1-3H3;2-3,8,15,18H,4-7,9H2,1H3;2*1-3,8H. The molecule has 15 nitrogen and oxygen atoms in total. The van der Waals surface area contributed by atoms with Crippen LogP contribution in [0, 0.1) is 0 Å². The molecule has 2 aromatic carbocycles. The van der Waals surface area contributed by atoms with Gasteiger partial charge in [0.1, 0.15) is 11.4 Å². The monoisotopic (exact) mass is 770 g/mol. The zero-order valence-corrected chi connectivity index (χ0v) is 32.0. The third-order valence-corrected chi connectivity index (χ3v) is 8.96. The molecule has 2 aromatic heterocycles. The van der Waals surface area contributed by atoms with E-state index in [0.29, 0.717) is 66.5 Å². The fourth-order valence-corrected chi connectivity index (χ4v) is 5.29. The number of carbonyl (C=O) groups excluding carboxylic acids is 4. The fraction of sp³-hybridized carbons (Fsp3) is 0.371. The van der Waals surface area contributed by atoms with Crippen molar-refractivity contribution in [3.63, 3.8) is 0 Å². The predicted molar refractivity (Wildman–Crippen MR) is 211 cm³/mol. The van der Waals surface area contributed by atoms with Crippen molar-refractivity contribution < 1.29 is 28.8 Å². The Bertz CT molecular complexity index is 1760. The van der Waals surface area contributed by atoms with Gasteiger partial charge in [0.05, 0.1) is 44.3 Å². The van der Waals surface area contributed by atoms with Gasteiger partial charge < -0.3 is 25.5 Å². The summed E-state index contributed by atoms with van der Waals surface area (Å²) in [5.41, 5.74) is 6.56. The Morgan fingerprint density at radius 2 is 1.49 bits per heavy atom. The number of halogens is 1. The van der Waals surface area contributed by atoms with Crippen molar-refractivity contribution in [2.75, 3.05) is 87.3 Å². The van der Waals surface area contributed by atoms with E-state index in [-0.39, 0.29) is 25.0 Å². The minimum atomic E-state index is -0.128. The number of hydrogen-bond acceptors (Lipinski definition) is 13. The molecule has 286 valence electrons. The molecule has 0 bridgehead atoms. The topological polar surface area (TPSA) is 161 Å². The summed E-state index contributed by atoms with van der Waals surface area (Å²) in [4.78, 5) is 49.1. The molecule has 0 fully saturated rings. The van der Waals surface area contributed by atoms with Crippen LogP contribution in [0.5, 0.6) is 0 Å². The number of amides is 2. The fourth-order valence-electron chi connectivity index (χ4n) is 4.94. The average molecular weight is 771 g/mol. The van der Waals surface area contributed by atoms with Crippen molar-refractivity contribution in [1.29, 1.82) is 0 Å². The number of nitrogens with one attached hydrogen (secondary N) is 2. The number of anilines is 4. The summed E-state index contributed by atoms with van der Waals surface area (Å²) in [7, 11) is 5.45. The van der Waals surface area contributed by atoms with E-state index < -0.39 is 0 Å². The number of aromatic nitrogens is 4. The first-order valence-electron chi connectivity index (χ1n) is 16.8. The minimum absolute atomic E-state index is 0.00729. The van der Waals surface area contributed by atoms with Crippen molar-refractivity contribution in [2.24, 2.45) is 0 Å². The van der Waals surface area contributed by atoms with Crippen LogP contribution in [0.4, 0.5) is 27.2 Å². The van der Waals surface area contributed by atoms with Crippen molar-refractivity contribution in [3.8, 4) is 0 Å². The van der Waals surface area contributed by atoms with Crippen LogP contribution in [0.2, 0.25) is 0 Å². The number of aldehydes is 2. The molecule has 2 amide bonds. The van der Waals surface area contributed by atoms with Crippen molar-refractivity contribution in [2.45, 2.75) is 19.8 Å². The van der Waals surface area contributed by atoms with E-state index in [2.05, 4.69) is 58.6 Å². The predicted octanol–water partition coefficient (Wildman–Crippen LogP) is 2.82. The molecule has 18 heteroatoms. The number of hydrogen-bond donors (Lipinski definition) is 5. The third-order valence-electron chi connectivity index (χ3n) is 8.29. The van der Waals surface area contributed by atoms with E-state index in [0.717, 1.165) is 36.4 Å². The summed E-state index contributed by atoms with van der Waals surface area (Å²) in [6.07, 6.45) is 6.18. The Labute approximate surface area is 319 Å². The zero-order valence-electron chi connectivity index (χ0n) is 30.2. The summed E-state index contributed by atoms with van der Waals surface area (Å²) in [5, 5.41) is 22.8. The SMILES string of the molecule is CCN(C)CC(=O)N(C)c1ccc2c(c1)NCC2.CN(C(=O)CNCCO)c1ccc2c(c1)N(F)CC2.O=Cc1ccnn1S.O=Cc1ccnn1S. The summed E-state index contributed by atoms with van der Waals surface area (Å²) < 4.78 is 15.9. The number of likely N-dealkylation sites (N-methyl/N-ethyl adjacent to an activating group) is 3. The van der Waals surface area contributed by atoms with E-state index in [9.17, 15) is 23.7 Å². The second-order valence-corrected chi connectivity index (χ2v) is 12.6. The largest absolute Gasteiger partial charge is 0.395 e. The maximum Gasteiger partial charge on any atom is 0.240 e. The second-order valence-electron chi connectivity index (χ2n) is 11.8. The highest BCUT2D eigenvalue weighted by Gasteiger charge is 2.21. The van der Waals surface area contributed by atoms with Gasteiger partial charge in [0.15, 0.2) is 12.6 Å². The first kappa shape index (κ1) is 42.7. The lowest BCUT2D eigenvalue weighted by molar-refractivity contribution is -0.119. The van der Waals surface area contributed by atoms with Crippen LogP contribution in [-0.4, -0.2) is 120 Å². The number of fused-ring (bicyclic) bond motifs is 2. The Morgan fingerprint density at radius 3 is 2.02 bits per heavy atom. The Kier molecular flexibility index (Phi) is 17.5. The molecule has 0 unspecified atom stereocenters. The molecule has 3 N–H and O–H groups in total. The van der Waals surface area contributed by atoms with E-state index in [1.807, 2.05) is 44.1 Å². The number of thiol groups is 2. The van der Waals surface area contributed by atoms with E-state index in [1.165, 1.54) is 31.0 Å². The van der Waals surface area contributed by atoms with Gasteiger partial charge in [0, 0.05) is 44.2 Å². The van der Waals surface area contributed by atoms with Crippen molar-refractivity contribution in [1.82, 2.24) is 28.6 Å². The van der Waals surface area contributed by atoms with Crippen LogP contribution in [0.1, 0.15) is 39.0 Å². The molecule has 0 aliphatic carbocycles. The van der Waals surface area contributed by atoms with Gasteiger partial charge in [-0.05, 0) is 99.6 Å². The molecule has 4 aromatic rings. The van der Waals surface area contributed by atoms with Crippen LogP contribution in [0.25, 0.3) is 0 Å². The highest BCUT2D eigenvalue weighted by molar-refractivity contribution is 7.78. The normalized spacial score (nSPS) is 12.1. The number of aliphatic hydroxyl groups excluding tert-OH is 1. The van der Waals surface area contributed by atoms with Crippen molar-refractivity contribution in [3.05, 3.63) is 83.4 Å². The highest BCUT2D eigenvalue weighted by atomic mass is 32.1. The molecule has 0 radical (unpaired) electrons. The maximum atomic E-state index is 13.5. The summed E-state index contributed by atoms with van der Waals surface area (Å²) >= 11 is 7.61. The molecule has 4 heterocycles. The quantitative estimate of drug-likeness (QED) is 0.0661. The van der Waals surface area contributed by atoms with Gasteiger partial charge in [-0.3, -0.25) is 24.1 Å². The molecule has 0 spiro atoms. The number of benzene rings is 2. The average Bonchev–Trinajstić information content (AvgIpc) is 3.99. The lowest BCUT2D eigenvalue weighted by atomic mass is 10.1. The molecule has 0 saturated carbocycles. The summed E-state index contributed by atoms with van der Waals surface area (Å²) in [6, 6.07) is 14.7. The Balaban J connectivity index is 0.000000204. The molecular weight excluding hydrogens is 724 g/mol. The van der Waals surface area contributed by atoms with E-state index in [4.69, 9.17) is 5.11 Å². The molecule has 6 rings (SSSR count). The number of aliphatic hydroxyl groups is 1. The first-order chi connectivity index (χ1) is 25.4. The molecule has 2 aliphatic heterocycles. The van der Waals surface area contributed by atoms with Gasteiger partial charge >= 0.3 is 0 Å². The zero-order chi connectivity index (χ0) is 38.9. The van der Waals surface area contributed by atoms with Gasteiger partial charge in [0.2, 0.25) is 11.8 Å². The summed E-state index contributed by atoms with van der Waals surface area (Å²) in [5.74, 6) is -0.00546.